The molecule has 0 heterocycles. The van der Waals surface area contributed by atoms with Crippen molar-refractivity contribution >= 4 is 5.57 Å². The summed E-state index contributed by atoms with van der Waals surface area (Å²) in [5.41, 5.74) is 4.52. The summed E-state index contributed by atoms with van der Waals surface area (Å²) in [6, 6.07) is 10.8. The SMILES string of the molecule is C1=C(c2ccccc2)C=C2CCCCCCC12. The summed E-state index contributed by atoms with van der Waals surface area (Å²) < 4.78 is 0. The molecule has 0 bridgehead atoms. The Morgan fingerprint density at radius 3 is 2.59 bits per heavy atom. The Hall–Kier alpha value is -1.30. The van der Waals surface area contributed by atoms with Gasteiger partial charge in [0.05, 0.1) is 0 Å². The van der Waals surface area contributed by atoms with Crippen LogP contribution in [0.5, 0.6) is 0 Å². The van der Waals surface area contributed by atoms with E-state index in [9.17, 15) is 0 Å². The molecule has 3 rings (SSSR count). The average Bonchev–Trinajstić information content (AvgIpc) is 2.73. The van der Waals surface area contributed by atoms with Crippen molar-refractivity contribution in [1.29, 1.82) is 0 Å². The lowest BCUT2D eigenvalue weighted by Gasteiger charge is -2.16. The Morgan fingerprint density at radius 1 is 0.882 bits per heavy atom. The first-order valence-corrected chi connectivity index (χ1v) is 6.91. The fourth-order valence-electron chi connectivity index (χ4n) is 3.06. The molecule has 2 aliphatic carbocycles. The molecule has 17 heavy (non-hydrogen) atoms. The van der Waals surface area contributed by atoms with E-state index < -0.39 is 0 Å². The summed E-state index contributed by atoms with van der Waals surface area (Å²) in [5, 5.41) is 0. The van der Waals surface area contributed by atoms with Gasteiger partial charge in [0.2, 0.25) is 0 Å². The number of benzene rings is 1. The van der Waals surface area contributed by atoms with Crippen LogP contribution in [-0.4, -0.2) is 0 Å². The lowest BCUT2D eigenvalue weighted by molar-refractivity contribution is 0.518. The number of fused-ring (bicyclic) bond motifs is 1. The fourth-order valence-corrected chi connectivity index (χ4v) is 3.06. The van der Waals surface area contributed by atoms with E-state index in [-0.39, 0.29) is 0 Å². The van der Waals surface area contributed by atoms with Crippen LogP contribution in [-0.2, 0) is 0 Å². The van der Waals surface area contributed by atoms with Gasteiger partial charge in [-0.2, -0.15) is 0 Å². The van der Waals surface area contributed by atoms with Crippen LogP contribution in [0.15, 0.2) is 48.1 Å². The van der Waals surface area contributed by atoms with Crippen LogP contribution in [0.4, 0.5) is 0 Å². The van der Waals surface area contributed by atoms with Crippen LogP contribution in [0.2, 0.25) is 0 Å². The third-order valence-electron chi connectivity index (χ3n) is 4.04. The van der Waals surface area contributed by atoms with E-state index in [1.54, 1.807) is 5.57 Å². The van der Waals surface area contributed by atoms with Gasteiger partial charge in [0.25, 0.3) is 0 Å². The van der Waals surface area contributed by atoms with E-state index in [1.807, 2.05) is 0 Å². The molecule has 1 saturated carbocycles. The Morgan fingerprint density at radius 2 is 1.71 bits per heavy atom. The van der Waals surface area contributed by atoms with Crippen LogP contribution in [0.25, 0.3) is 5.57 Å². The summed E-state index contributed by atoms with van der Waals surface area (Å²) in [6.45, 7) is 0. The molecule has 1 aromatic carbocycles. The van der Waals surface area contributed by atoms with Crippen molar-refractivity contribution in [2.45, 2.75) is 38.5 Å². The molecule has 1 atom stereocenters. The van der Waals surface area contributed by atoms with Crippen molar-refractivity contribution in [3.8, 4) is 0 Å². The molecular weight excluding hydrogens is 204 g/mol. The fraction of sp³-hybridized carbons (Fsp3) is 0.412. The van der Waals surface area contributed by atoms with Gasteiger partial charge in [-0.15, -0.1) is 0 Å². The van der Waals surface area contributed by atoms with Gasteiger partial charge in [-0.1, -0.05) is 67.3 Å². The van der Waals surface area contributed by atoms with Gasteiger partial charge in [0, 0.05) is 0 Å². The Balaban J connectivity index is 1.86. The second kappa shape index (κ2) is 4.91. The zero-order chi connectivity index (χ0) is 11.5. The van der Waals surface area contributed by atoms with Crippen molar-refractivity contribution in [1.82, 2.24) is 0 Å². The van der Waals surface area contributed by atoms with Gasteiger partial charge in [-0.3, -0.25) is 0 Å². The minimum absolute atomic E-state index is 0.741. The van der Waals surface area contributed by atoms with Gasteiger partial charge in [-0.25, -0.2) is 0 Å². The number of hydrogen-bond acceptors (Lipinski definition) is 0. The molecule has 2 aliphatic rings. The van der Waals surface area contributed by atoms with E-state index in [0.29, 0.717) is 0 Å². The smallest absolute Gasteiger partial charge is 0.00107 e. The molecule has 1 fully saturated rings. The molecule has 0 amide bonds. The lowest BCUT2D eigenvalue weighted by atomic mass is 9.89. The second-order valence-electron chi connectivity index (χ2n) is 5.27. The van der Waals surface area contributed by atoms with Crippen LogP contribution in [0, 0.1) is 5.92 Å². The predicted molar refractivity (Wildman–Crippen MR) is 73.7 cm³/mol. The van der Waals surface area contributed by atoms with Gasteiger partial charge < -0.3 is 0 Å². The third-order valence-corrected chi connectivity index (χ3v) is 4.04. The van der Waals surface area contributed by atoms with Gasteiger partial charge in [-0.05, 0) is 36.3 Å². The number of rotatable bonds is 1. The highest BCUT2D eigenvalue weighted by Gasteiger charge is 2.20. The highest BCUT2D eigenvalue weighted by molar-refractivity contribution is 5.78. The molecule has 88 valence electrons. The molecule has 0 heteroatoms. The molecule has 1 aromatic rings. The number of hydrogen-bond donors (Lipinski definition) is 0. The predicted octanol–water partition coefficient (Wildman–Crippen LogP) is 4.98. The minimum Gasteiger partial charge on any atom is -0.0695 e. The Labute approximate surface area is 104 Å². The molecule has 0 aliphatic heterocycles. The maximum absolute atomic E-state index is 2.50. The summed E-state index contributed by atoms with van der Waals surface area (Å²) in [4.78, 5) is 0. The first kappa shape index (κ1) is 10.8. The molecule has 0 saturated heterocycles. The summed E-state index contributed by atoms with van der Waals surface area (Å²) in [7, 11) is 0. The van der Waals surface area contributed by atoms with Crippen molar-refractivity contribution in [3.05, 3.63) is 53.6 Å². The van der Waals surface area contributed by atoms with Crippen LogP contribution in [0.1, 0.15) is 44.1 Å². The van der Waals surface area contributed by atoms with Crippen LogP contribution >= 0.6 is 0 Å². The van der Waals surface area contributed by atoms with E-state index in [2.05, 4.69) is 42.5 Å². The van der Waals surface area contributed by atoms with E-state index >= 15 is 0 Å². The normalized spacial score (nSPS) is 24.4. The average molecular weight is 224 g/mol. The second-order valence-corrected chi connectivity index (χ2v) is 5.27. The highest BCUT2D eigenvalue weighted by Crippen LogP contribution is 2.37. The summed E-state index contributed by atoms with van der Waals surface area (Å²) >= 11 is 0. The molecule has 0 radical (unpaired) electrons. The molecule has 1 unspecified atom stereocenters. The first-order chi connectivity index (χ1) is 8.43. The number of allylic oxidation sites excluding steroid dienone is 4. The quantitative estimate of drug-likeness (QED) is 0.631. The summed E-state index contributed by atoms with van der Waals surface area (Å²) in [6.07, 6.45) is 13.3. The lowest BCUT2D eigenvalue weighted by Crippen LogP contribution is -2.01. The summed E-state index contributed by atoms with van der Waals surface area (Å²) in [5.74, 6) is 0.741. The third kappa shape index (κ3) is 2.36. The molecule has 0 aromatic heterocycles. The van der Waals surface area contributed by atoms with Crippen molar-refractivity contribution in [2.75, 3.05) is 0 Å². The topological polar surface area (TPSA) is 0 Å². The van der Waals surface area contributed by atoms with E-state index in [0.717, 1.165) is 5.92 Å². The van der Waals surface area contributed by atoms with Crippen molar-refractivity contribution in [3.63, 3.8) is 0 Å². The zero-order valence-corrected chi connectivity index (χ0v) is 10.4. The van der Waals surface area contributed by atoms with Crippen LogP contribution < -0.4 is 0 Å². The van der Waals surface area contributed by atoms with Crippen LogP contribution in [0.3, 0.4) is 0 Å². The standard InChI is InChI=1S/C17H20/c1-2-5-11-16-13-17(12-15(16)10-4-1)14-8-6-3-7-9-14/h3,6-9,12-13,15H,1-2,4-5,10-11H2. The Kier molecular flexibility index (Phi) is 3.13. The maximum Gasteiger partial charge on any atom is -0.00107 e. The molecular formula is C17H20. The van der Waals surface area contributed by atoms with Crippen molar-refractivity contribution in [2.24, 2.45) is 5.92 Å². The zero-order valence-electron chi connectivity index (χ0n) is 10.4. The molecule has 0 nitrogen and oxygen atoms in total. The van der Waals surface area contributed by atoms with Crippen molar-refractivity contribution < 1.29 is 0 Å². The van der Waals surface area contributed by atoms with Gasteiger partial charge >= 0.3 is 0 Å². The van der Waals surface area contributed by atoms with E-state index in [4.69, 9.17) is 0 Å². The first-order valence-electron chi connectivity index (χ1n) is 6.91. The van der Waals surface area contributed by atoms with Gasteiger partial charge in [0.15, 0.2) is 0 Å². The highest BCUT2D eigenvalue weighted by atomic mass is 14.2. The largest absolute Gasteiger partial charge is 0.0695 e. The maximum atomic E-state index is 2.50. The minimum atomic E-state index is 0.741. The monoisotopic (exact) mass is 224 g/mol. The van der Waals surface area contributed by atoms with Gasteiger partial charge in [0.1, 0.15) is 0 Å². The molecule has 0 N–H and O–H groups in total. The van der Waals surface area contributed by atoms with E-state index in [1.165, 1.54) is 49.7 Å². The molecule has 0 spiro atoms. The Bertz CT molecular complexity index is 436.